The fraction of sp³-hybridized carbons (Fsp3) is 0.270. The third kappa shape index (κ3) is 8.15. The quantitative estimate of drug-likeness (QED) is 0.132. The second-order valence-electron chi connectivity index (χ2n) is 11.1. The molecule has 0 spiro atoms. The summed E-state index contributed by atoms with van der Waals surface area (Å²) >= 11 is 0. The number of rotatable bonds is 13. The van der Waals surface area contributed by atoms with Crippen LogP contribution in [0, 0.1) is 11.7 Å². The summed E-state index contributed by atoms with van der Waals surface area (Å²) in [7, 11) is 1.33. The second kappa shape index (κ2) is 15.1. The Bertz CT molecular complexity index is 1590. The van der Waals surface area contributed by atoms with Crippen molar-refractivity contribution in [1.82, 2.24) is 0 Å². The Morgan fingerprint density at radius 2 is 1.53 bits per heavy atom. The van der Waals surface area contributed by atoms with Crippen molar-refractivity contribution in [3.8, 4) is 5.75 Å². The van der Waals surface area contributed by atoms with Gasteiger partial charge < -0.3 is 19.7 Å². The molecular formula is C37H37FN2O5. The largest absolute Gasteiger partial charge is 0.492 e. The van der Waals surface area contributed by atoms with Gasteiger partial charge in [-0.25, -0.2) is 9.18 Å². The molecule has 7 nitrogen and oxygen atoms in total. The molecule has 0 aromatic heterocycles. The summed E-state index contributed by atoms with van der Waals surface area (Å²) in [6.45, 7) is 0.589. The Hall–Kier alpha value is -4.98. The van der Waals surface area contributed by atoms with Gasteiger partial charge in [0.2, 0.25) is 5.91 Å². The van der Waals surface area contributed by atoms with E-state index in [4.69, 9.17) is 9.47 Å². The Kier molecular flexibility index (Phi) is 10.6. The van der Waals surface area contributed by atoms with E-state index in [9.17, 15) is 18.8 Å². The first kappa shape index (κ1) is 31.4. The van der Waals surface area contributed by atoms with Crippen molar-refractivity contribution in [2.75, 3.05) is 30.5 Å². The van der Waals surface area contributed by atoms with Crippen LogP contribution in [0.15, 0.2) is 103 Å². The highest BCUT2D eigenvalue weighted by Crippen LogP contribution is 2.29. The molecule has 0 saturated heterocycles. The molecule has 4 aromatic carbocycles. The molecule has 1 saturated carbocycles. The molecule has 0 bridgehead atoms. The number of esters is 1. The fourth-order valence-electron chi connectivity index (χ4n) is 5.67. The first-order valence-corrected chi connectivity index (χ1v) is 15.2. The number of ether oxygens (including phenoxy) is 2. The van der Waals surface area contributed by atoms with Crippen molar-refractivity contribution in [2.24, 2.45) is 5.92 Å². The van der Waals surface area contributed by atoms with E-state index in [1.165, 1.54) is 19.2 Å². The van der Waals surface area contributed by atoms with Gasteiger partial charge in [0.25, 0.3) is 0 Å². The molecule has 8 heteroatoms. The maximum Gasteiger partial charge on any atom is 0.328 e. The predicted molar refractivity (Wildman–Crippen MR) is 172 cm³/mol. The fourth-order valence-corrected chi connectivity index (χ4v) is 5.67. The summed E-state index contributed by atoms with van der Waals surface area (Å²) in [5, 5.41) is 3.22. The summed E-state index contributed by atoms with van der Waals surface area (Å²) in [6, 6.07) is 28.7. The molecule has 0 aliphatic heterocycles. The van der Waals surface area contributed by atoms with E-state index in [1.807, 2.05) is 48.5 Å². The van der Waals surface area contributed by atoms with Crippen LogP contribution in [-0.2, 0) is 20.7 Å². The highest BCUT2D eigenvalue weighted by atomic mass is 19.1. The van der Waals surface area contributed by atoms with Crippen LogP contribution in [0.4, 0.5) is 15.8 Å². The summed E-state index contributed by atoms with van der Waals surface area (Å²) in [5.41, 5.74) is 3.07. The number of ketones is 1. The number of nitrogens with one attached hydrogen (secondary N) is 1. The normalized spacial score (nSPS) is 13.6. The molecule has 45 heavy (non-hydrogen) atoms. The highest BCUT2D eigenvalue weighted by Gasteiger charge is 2.28. The van der Waals surface area contributed by atoms with Gasteiger partial charge in [0.05, 0.1) is 13.7 Å². The monoisotopic (exact) mass is 608 g/mol. The van der Waals surface area contributed by atoms with Crippen molar-refractivity contribution in [2.45, 2.75) is 38.1 Å². The Labute approximate surface area is 263 Å². The number of methoxy groups -OCH3 is 1. The molecule has 1 fully saturated rings. The number of hydrogen-bond donors (Lipinski definition) is 1. The summed E-state index contributed by atoms with van der Waals surface area (Å²) in [6.07, 6.45) is 4.14. The van der Waals surface area contributed by atoms with Crippen LogP contribution in [0.5, 0.6) is 5.75 Å². The SMILES string of the molecule is COC(=O)C(Cc1ccc(OCCN(C(=O)C2CCCC2)c2ccc(F)cc2)cc1)Nc1ccccc1C(=O)c1ccccc1. The smallest absolute Gasteiger partial charge is 0.328 e. The molecule has 1 N–H and O–H groups in total. The average Bonchev–Trinajstić information content (AvgIpc) is 3.63. The van der Waals surface area contributed by atoms with Crippen molar-refractivity contribution >= 4 is 29.0 Å². The minimum Gasteiger partial charge on any atom is -0.492 e. The molecule has 0 radical (unpaired) electrons. The molecule has 1 atom stereocenters. The lowest BCUT2D eigenvalue weighted by atomic mass is 10.00. The van der Waals surface area contributed by atoms with E-state index >= 15 is 0 Å². The van der Waals surface area contributed by atoms with Gasteiger partial charge in [-0.05, 0) is 66.9 Å². The van der Waals surface area contributed by atoms with Gasteiger partial charge in [-0.3, -0.25) is 9.59 Å². The van der Waals surface area contributed by atoms with Crippen molar-refractivity contribution in [3.63, 3.8) is 0 Å². The number of hydrogen-bond acceptors (Lipinski definition) is 6. The van der Waals surface area contributed by atoms with Gasteiger partial charge >= 0.3 is 5.97 Å². The van der Waals surface area contributed by atoms with Crippen LogP contribution in [0.3, 0.4) is 0 Å². The Morgan fingerprint density at radius 1 is 0.867 bits per heavy atom. The maximum atomic E-state index is 13.6. The van der Waals surface area contributed by atoms with E-state index in [1.54, 1.807) is 47.4 Å². The summed E-state index contributed by atoms with van der Waals surface area (Å²) < 4.78 is 24.6. The molecule has 1 aliphatic carbocycles. The Morgan fingerprint density at radius 3 is 2.22 bits per heavy atom. The second-order valence-corrected chi connectivity index (χ2v) is 11.1. The molecular weight excluding hydrogens is 571 g/mol. The number of para-hydroxylation sites is 1. The first-order chi connectivity index (χ1) is 21.9. The van der Waals surface area contributed by atoms with Gasteiger partial charge in [-0.1, -0.05) is 67.4 Å². The van der Waals surface area contributed by atoms with Gasteiger partial charge in [-0.2, -0.15) is 0 Å². The topological polar surface area (TPSA) is 84.9 Å². The Balaban J connectivity index is 1.23. The number of amides is 1. The maximum absolute atomic E-state index is 13.6. The average molecular weight is 609 g/mol. The van der Waals surface area contributed by atoms with Crippen LogP contribution in [0.2, 0.25) is 0 Å². The summed E-state index contributed by atoms with van der Waals surface area (Å²) in [5.74, 6) is -0.303. The van der Waals surface area contributed by atoms with Crippen LogP contribution >= 0.6 is 0 Å². The lowest BCUT2D eigenvalue weighted by Crippen LogP contribution is -2.38. The zero-order valence-corrected chi connectivity index (χ0v) is 25.3. The molecule has 1 unspecified atom stereocenters. The van der Waals surface area contributed by atoms with E-state index < -0.39 is 12.0 Å². The summed E-state index contributed by atoms with van der Waals surface area (Å²) in [4.78, 5) is 41.0. The van der Waals surface area contributed by atoms with E-state index in [0.717, 1.165) is 31.2 Å². The van der Waals surface area contributed by atoms with E-state index in [-0.39, 0.29) is 30.0 Å². The first-order valence-electron chi connectivity index (χ1n) is 15.2. The van der Waals surface area contributed by atoms with Gasteiger partial charge in [0, 0.05) is 34.8 Å². The molecule has 0 heterocycles. The van der Waals surface area contributed by atoms with E-state index in [0.29, 0.717) is 41.2 Å². The van der Waals surface area contributed by atoms with Gasteiger partial charge in [0.15, 0.2) is 5.78 Å². The molecule has 1 amide bonds. The molecule has 5 rings (SSSR count). The number of nitrogens with zero attached hydrogens (tertiary/aromatic N) is 1. The highest BCUT2D eigenvalue weighted by molar-refractivity contribution is 6.12. The minimum atomic E-state index is -0.739. The number of anilines is 2. The lowest BCUT2D eigenvalue weighted by molar-refractivity contribution is -0.141. The lowest BCUT2D eigenvalue weighted by Gasteiger charge is -2.26. The van der Waals surface area contributed by atoms with Crippen molar-refractivity contribution < 1.29 is 28.2 Å². The predicted octanol–water partition coefficient (Wildman–Crippen LogP) is 6.86. The zero-order chi connectivity index (χ0) is 31.6. The van der Waals surface area contributed by atoms with Gasteiger partial charge in [0.1, 0.15) is 24.2 Å². The standard InChI is InChI=1S/C37H37FN2O5/c1-44-37(43)34(39-33-14-8-7-13-32(33)35(41)27-9-3-2-4-10-27)25-26-15-21-31(22-16-26)45-24-23-40(30-19-17-29(38)18-20-30)36(42)28-11-5-6-12-28/h2-4,7-10,13-22,28,34,39H,5-6,11-12,23-25H2,1H3. The van der Waals surface area contributed by atoms with Crippen LogP contribution in [-0.4, -0.2) is 44.0 Å². The number of carbonyl (C=O) groups is 3. The van der Waals surface area contributed by atoms with Crippen LogP contribution < -0.4 is 15.0 Å². The number of carbonyl (C=O) groups excluding carboxylic acids is 3. The van der Waals surface area contributed by atoms with Crippen LogP contribution in [0.1, 0.15) is 47.2 Å². The van der Waals surface area contributed by atoms with Crippen molar-refractivity contribution in [3.05, 3.63) is 126 Å². The van der Waals surface area contributed by atoms with Crippen LogP contribution in [0.25, 0.3) is 0 Å². The zero-order valence-electron chi connectivity index (χ0n) is 25.3. The molecule has 4 aromatic rings. The van der Waals surface area contributed by atoms with Crippen molar-refractivity contribution in [1.29, 1.82) is 0 Å². The molecule has 232 valence electrons. The third-order valence-electron chi connectivity index (χ3n) is 8.08. The van der Waals surface area contributed by atoms with Gasteiger partial charge in [-0.15, -0.1) is 0 Å². The number of halogens is 1. The number of benzene rings is 4. The third-order valence-corrected chi connectivity index (χ3v) is 8.08. The molecule has 1 aliphatic rings. The minimum absolute atomic E-state index is 0.0193. The van der Waals surface area contributed by atoms with E-state index in [2.05, 4.69) is 5.32 Å².